The average Bonchev–Trinajstić information content (AvgIpc) is 2.78. The summed E-state index contributed by atoms with van der Waals surface area (Å²) in [5, 5.41) is 3.06. The Morgan fingerprint density at radius 1 is 1.17 bits per heavy atom. The molecule has 4 rings (SSSR count). The summed E-state index contributed by atoms with van der Waals surface area (Å²) in [5.74, 6) is 0.343. The summed E-state index contributed by atoms with van der Waals surface area (Å²) < 4.78 is 1.76. The van der Waals surface area contributed by atoms with E-state index in [0.29, 0.717) is 25.5 Å². The van der Waals surface area contributed by atoms with Crippen molar-refractivity contribution in [2.45, 2.75) is 39.8 Å². The van der Waals surface area contributed by atoms with Crippen LogP contribution >= 0.6 is 0 Å². The van der Waals surface area contributed by atoms with Gasteiger partial charge in [-0.1, -0.05) is 42.0 Å². The lowest BCUT2D eigenvalue weighted by molar-refractivity contribution is -0.125. The second-order valence-electron chi connectivity index (χ2n) is 7.96. The predicted molar refractivity (Wildman–Crippen MR) is 120 cm³/mol. The van der Waals surface area contributed by atoms with E-state index in [1.165, 1.54) is 5.56 Å². The van der Waals surface area contributed by atoms with Crippen LogP contribution in [0.15, 0.2) is 53.3 Å². The third kappa shape index (κ3) is 4.08. The SMILES string of the molecule is CCn1c(=O)c(N2CCC[C@@H](C(=O)NCc3ccc(C)cc3)C2)nc2ccccc21. The van der Waals surface area contributed by atoms with Crippen molar-refractivity contribution in [1.29, 1.82) is 0 Å². The lowest BCUT2D eigenvalue weighted by atomic mass is 9.97. The molecule has 1 aliphatic heterocycles. The van der Waals surface area contributed by atoms with Gasteiger partial charge in [0.15, 0.2) is 5.82 Å². The molecule has 1 fully saturated rings. The second-order valence-corrected chi connectivity index (χ2v) is 7.96. The van der Waals surface area contributed by atoms with Gasteiger partial charge in [0, 0.05) is 26.2 Å². The average molecular weight is 405 g/mol. The highest BCUT2D eigenvalue weighted by molar-refractivity contribution is 5.80. The summed E-state index contributed by atoms with van der Waals surface area (Å²) in [6.07, 6.45) is 1.69. The van der Waals surface area contributed by atoms with Crippen LogP contribution in [0.1, 0.15) is 30.9 Å². The van der Waals surface area contributed by atoms with Crippen LogP contribution < -0.4 is 15.8 Å². The Labute approximate surface area is 176 Å². The number of rotatable bonds is 5. The van der Waals surface area contributed by atoms with Crippen molar-refractivity contribution in [1.82, 2.24) is 14.9 Å². The van der Waals surface area contributed by atoms with Crippen LogP contribution in [-0.4, -0.2) is 28.5 Å². The molecule has 2 heterocycles. The van der Waals surface area contributed by atoms with E-state index in [1.807, 2.05) is 67.3 Å². The van der Waals surface area contributed by atoms with Crippen LogP contribution in [-0.2, 0) is 17.9 Å². The minimum Gasteiger partial charge on any atom is -0.352 e. The van der Waals surface area contributed by atoms with Crippen LogP contribution in [0, 0.1) is 12.8 Å². The number of piperidine rings is 1. The third-order valence-corrected chi connectivity index (χ3v) is 5.83. The largest absolute Gasteiger partial charge is 0.352 e. The number of nitrogens with one attached hydrogen (secondary N) is 1. The molecule has 0 spiro atoms. The Hall–Kier alpha value is -3.15. The Morgan fingerprint density at radius 3 is 2.70 bits per heavy atom. The summed E-state index contributed by atoms with van der Waals surface area (Å²) in [6, 6.07) is 15.9. The Balaban J connectivity index is 1.51. The number of nitrogens with zero attached hydrogens (tertiary/aromatic N) is 3. The molecule has 0 unspecified atom stereocenters. The molecule has 0 radical (unpaired) electrons. The van der Waals surface area contributed by atoms with Crippen LogP contribution in [0.2, 0.25) is 0 Å². The molecule has 2 aromatic carbocycles. The highest BCUT2D eigenvalue weighted by atomic mass is 16.2. The molecule has 1 saturated heterocycles. The van der Waals surface area contributed by atoms with Gasteiger partial charge in [-0.2, -0.15) is 0 Å². The topological polar surface area (TPSA) is 67.2 Å². The molecule has 1 amide bonds. The lowest BCUT2D eigenvalue weighted by Crippen LogP contribution is -2.45. The van der Waals surface area contributed by atoms with Crippen molar-refractivity contribution in [3.8, 4) is 0 Å². The smallest absolute Gasteiger partial charge is 0.293 e. The number of aryl methyl sites for hydroxylation is 2. The number of para-hydroxylation sites is 2. The zero-order valence-corrected chi connectivity index (χ0v) is 17.6. The molecule has 3 aromatic rings. The molecule has 6 heteroatoms. The number of aromatic nitrogens is 2. The molecule has 0 bridgehead atoms. The minimum absolute atomic E-state index is 0.0388. The Bertz CT molecular complexity index is 1100. The highest BCUT2D eigenvalue weighted by Gasteiger charge is 2.28. The van der Waals surface area contributed by atoms with E-state index < -0.39 is 0 Å². The molecule has 156 valence electrons. The standard InChI is InChI=1S/C24H28N4O2/c1-3-28-21-9-5-4-8-20(21)26-22(24(28)30)27-14-6-7-19(16-27)23(29)25-15-18-12-10-17(2)11-13-18/h4-5,8-13,19H,3,6-7,14-16H2,1-2H3,(H,25,29)/t19-/m1/s1. The highest BCUT2D eigenvalue weighted by Crippen LogP contribution is 2.22. The van der Waals surface area contributed by atoms with Gasteiger partial charge in [-0.25, -0.2) is 4.98 Å². The van der Waals surface area contributed by atoms with E-state index in [1.54, 1.807) is 4.57 Å². The number of carbonyl (C=O) groups is 1. The monoisotopic (exact) mass is 404 g/mol. The van der Waals surface area contributed by atoms with Crippen molar-refractivity contribution in [2.75, 3.05) is 18.0 Å². The number of amides is 1. The van der Waals surface area contributed by atoms with Gasteiger partial charge in [-0.15, -0.1) is 0 Å². The molecule has 0 aliphatic carbocycles. The van der Waals surface area contributed by atoms with E-state index in [-0.39, 0.29) is 17.4 Å². The van der Waals surface area contributed by atoms with E-state index in [0.717, 1.165) is 36.0 Å². The maximum Gasteiger partial charge on any atom is 0.293 e. The van der Waals surface area contributed by atoms with E-state index in [2.05, 4.69) is 10.3 Å². The fourth-order valence-corrected chi connectivity index (χ4v) is 4.12. The summed E-state index contributed by atoms with van der Waals surface area (Å²) in [6.45, 7) is 6.38. The molecule has 1 aliphatic rings. The second kappa shape index (κ2) is 8.69. The maximum atomic E-state index is 13.1. The van der Waals surface area contributed by atoms with Gasteiger partial charge in [-0.3, -0.25) is 9.59 Å². The molecule has 1 N–H and O–H groups in total. The minimum atomic E-state index is -0.146. The zero-order valence-electron chi connectivity index (χ0n) is 17.6. The predicted octanol–water partition coefficient (Wildman–Crippen LogP) is 3.26. The maximum absolute atomic E-state index is 13.1. The summed E-state index contributed by atoms with van der Waals surface area (Å²) in [5.41, 5.74) is 3.85. The van der Waals surface area contributed by atoms with E-state index in [9.17, 15) is 9.59 Å². The van der Waals surface area contributed by atoms with Crippen LogP contribution in [0.25, 0.3) is 11.0 Å². The summed E-state index contributed by atoms with van der Waals surface area (Å²) in [7, 11) is 0. The van der Waals surface area contributed by atoms with Crippen molar-refractivity contribution in [3.63, 3.8) is 0 Å². The number of fused-ring (bicyclic) bond motifs is 1. The first-order valence-corrected chi connectivity index (χ1v) is 10.6. The van der Waals surface area contributed by atoms with Gasteiger partial charge in [0.25, 0.3) is 5.56 Å². The van der Waals surface area contributed by atoms with Gasteiger partial charge in [-0.05, 0) is 44.4 Å². The van der Waals surface area contributed by atoms with Crippen LogP contribution in [0.5, 0.6) is 0 Å². The zero-order chi connectivity index (χ0) is 21.1. The first kappa shape index (κ1) is 20.1. The molecule has 1 aromatic heterocycles. The third-order valence-electron chi connectivity index (χ3n) is 5.83. The van der Waals surface area contributed by atoms with E-state index >= 15 is 0 Å². The fraction of sp³-hybridized carbons (Fsp3) is 0.375. The number of anilines is 1. The van der Waals surface area contributed by atoms with E-state index in [4.69, 9.17) is 0 Å². The molecule has 30 heavy (non-hydrogen) atoms. The van der Waals surface area contributed by atoms with Gasteiger partial charge in [0.1, 0.15) is 0 Å². The number of hydrogen-bond acceptors (Lipinski definition) is 4. The normalized spacial score (nSPS) is 16.6. The summed E-state index contributed by atoms with van der Waals surface area (Å²) in [4.78, 5) is 32.5. The number of hydrogen-bond donors (Lipinski definition) is 1. The van der Waals surface area contributed by atoms with Gasteiger partial charge >= 0.3 is 0 Å². The first-order valence-electron chi connectivity index (χ1n) is 10.6. The van der Waals surface area contributed by atoms with Gasteiger partial charge in [0.05, 0.1) is 17.0 Å². The lowest BCUT2D eigenvalue weighted by Gasteiger charge is -2.32. The van der Waals surface area contributed by atoms with Gasteiger partial charge in [0.2, 0.25) is 5.91 Å². The fourth-order valence-electron chi connectivity index (χ4n) is 4.12. The molecular formula is C24H28N4O2. The quantitative estimate of drug-likeness (QED) is 0.709. The summed E-state index contributed by atoms with van der Waals surface area (Å²) >= 11 is 0. The first-order chi connectivity index (χ1) is 14.6. The van der Waals surface area contributed by atoms with Crippen molar-refractivity contribution in [2.24, 2.45) is 5.92 Å². The van der Waals surface area contributed by atoms with Crippen molar-refractivity contribution in [3.05, 3.63) is 70.0 Å². The molecule has 0 saturated carbocycles. The molecule has 1 atom stereocenters. The van der Waals surface area contributed by atoms with Crippen molar-refractivity contribution < 1.29 is 4.79 Å². The van der Waals surface area contributed by atoms with Crippen LogP contribution in [0.4, 0.5) is 5.82 Å². The number of benzene rings is 2. The molecular weight excluding hydrogens is 376 g/mol. The molecule has 6 nitrogen and oxygen atoms in total. The van der Waals surface area contributed by atoms with Crippen molar-refractivity contribution >= 4 is 22.8 Å². The number of carbonyl (C=O) groups excluding carboxylic acids is 1. The van der Waals surface area contributed by atoms with Gasteiger partial charge < -0.3 is 14.8 Å². The van der Waals surface area contributed by atoms with Crippen LogP contribution in [0.3, 0.4) is 0 Å². The Kier molecular flexibility index (Phi) is 5.84. The Morgan fingerprint density at radius 2 is 1.93 bits per heavy atom.